The van der Waals surface area contributed by atoms with Crippen molar-refractivity contribution in [2.24, 2.45) is 0 Å². The zero-order valence-electron chi connectivity index (χ0n) is 8.87. The van der Waals surface area contributed by atoms with Gasteiger partial charge in [-0.25, -0.2) is 4.98 Å². The summed E-state index contributed by atoms with van der Waals surface area (Å²) in [6.07, 6.45) is 1.26. The van der Waals surface area contributed by atoms with Gasteiger partial charge in [-0.3, -0.25) is 10.1 Å². The van der Waals surface area contributed by atoms with Crippen molar-refractivity contribution in [1.29, 1.82) is 0 Å². The summed E-state index contributed by atoms with van der Waals surface area (Å²) in [7, 11) is 0. The van der Waals surface area contributed by atoms with E-state index in [0.717, 1.165) is 24.4 Å². The largest absolute Gasteiger partial charge is 0.358 e. The van der Waals surface area contributed by atoms with Gasteiger partial charge in [0.1, 0.15) is 10.5 Å². The third kappa shape index (κ3) is 3.39. The fourth-order valence-corrected chi connectivity index (χ4v) is 3.42. The summed E-state index contributed by atoms with van der Waals surface area (Å²) in [5.41, 5.74) is 0. The minimum absolute atomic E-state index is 0.0462. The highest BCUT2D eigenvalue weighted by molar-refractivity contribution is 8.23. The van der Waals surface area contributed by atoms with Gasteiger partial charge in [-0.05, 0) is 36.9 Å². The minimum Gasteiger partial charge on any atom is -0.358 e. The van der Waals surface area contributed by atoms with Crippen LogP contribution in [-0.4, -0.2) is 32.2 Å². The first-order chi connectivity index (χ1) is 7.58. The molecule has 0 atom stereocenters. The number of hydrogen-bond acceptors (Lipinski definition) is 6. The average molecular weight is 277 g/mol. The quantitative estimate of drug-likeness (QED) is 0.365. The normalized spacial score (nSPS) is 10.1. The lowest BCUT2D eigenvalue weighted by Crippen LogP contribution is -2.26. The summed E-state index contributed by atoms with van der Waals surface area (Å²) >= 11 is 7.56. The van der Waals surface area contributed by atoms with Crippen LogP contribution in [-0.2, 0) is 0 Å². The molecule has 0 aliphatic heterocycles. The van der Waals surface area contributed by atoms with E-state index < -0.39 is 4.92 Å². The molecule has 0 bridgehead atoms. The molecule has 0 aliphatic rings. The van der Waals surface area contributed by atoms with Gasteiger partial charge in [-0.15, -0.1) is 0 Å². The number of rotatable bonds is 4. The number of thiazole rings is 1. The molecule has 0 spiro atoms. The highest BCUT2D eigenvalue weighted by Gasteiger charge is 2.15. The van der Waals surface area contributed by atoms with Crippen molar-refractivity contribution in [3.8, 4) is 0 Å². The molecule has 1 heterocycles. The van der Waals surface area contributed by atoms with Crippen molar-refractivity contribution < 1.29 is 4.92 Å². The summed E-state index contributed by atoms with van der Waals surface area (Å²) in [6.45, 7) is 5.69. The third-order valence-corrected chi connectivity index (χ3v) is 4.31. The Morgan fingerprint density at radius 3 is 2.75 bits per heavy atom. The lowest BCUT2D eigenvalue weighted by atomic mass is 10.6. The van der Waals surface area contributed by atoms with Gasteiger partial charge in [0.25, 0.3) is 0 Å². The van der Waals surface area contributed by atoms with Gasteiger partial charge < -0.3 is 4.90 Å². The Morgan fingerprint density at radius 1 is 1.69 bits per heavy atom. The molecule has 0 aromatic carbocycles. The van der Waals surface area contributed by atoms with Gasteiger partial charge in [0.05, 0.1) is 4.92 Å². The van der Waals surface area contributed by atoms with Crippen molar-refractivity contribution in [2.75, 3.05) is 13.1 Å². The van der Waals surface area contributed by atoms with E-state index in [1.807, 2.05) is 18.7 Å². The first-order valence-corrected chi connectivity index (χ1v) is 6.69. The molecule has 0 N–H and O–H groups in total. The molecule has 8 heteroatoms. The summed E-state index contributed by atoms with van der Waals surface area (Å²) in [5, 5.41) is 10.5. The number of thioether (sulfide) groups is 1. The standard InChI is InChI=1S/C8H11N3O2S3/c1-3-10(4-2)8(14)16-7-9-5-6(15-7)11(12)13/h5H,3-4H2,1-2H3. The molecule has 0 fully saturated rings. The molecule has 1 aromatic heterocycles. The fourth-order valence-electron chi connectivity index (χ4n) is 1.00. The number of thiocarbonyl (C=S) groups is 1. The van der Waals surface area contributed by atoms with Gasteiger partial charge in [-0.1, -0.05) is 12.2 Å². The second kappa shape index (κ2) is 6.12. The summed E-state index contributed by atoms with van der Waals surface area (Å²) < 4.78 is 1.32. The van der Waals surface area contributed by atoms with E-state index in [1.54, 1.807) is 0 Å². The Balaban J connectivity index is 2.65. The monoisotopic (exact) mass is 277 g/mol. The smallest absolute Gasteiger partial charge is 0.344 e. The number of hydrogen-bond donors (Lipinski definition) is 0. The van der Waals surface area contributed by atoms with E-state index >= 15 is 0 Å². The van der Waals surface area contributed by atoms with E-state index in [0.29, 0.717) is 8.66 Å². The van der Waals surface area contributed by atoms with Crippen LogP contribution in [0.5, 0.6) is 0 Å². The molecule has 16 heavy (non-hydrogen) atoms. The zero-order valence-corrected chi connectivity index (χ0v) is 11.3. The summed E-state index contributed by atoms with van der Waals surface area (Å²) in [6, 6.07) is 0. The molecule has 5 nitrogen and oxygen atoms in total. The van der Waals surface area contributed by atoms with Crippen LogP contribution in [0.2, 0.25) is 0 Å². The van der Waals surface area contributed by atoms with Gasteiger partial charge in [0, 0.05) is 13.1 Å². The maximum atomic E-state index is 10.5. The van der Waals surface area contributed by atoms with Crippen LogP contribution >= 0.6 is 35.3 Å². The van der Waals surface area contributed by atoms with E-state index in [4.69, 9.17) is 12.2 Å². The molecule has 1 aromatic rings. The maximum absolute atomic E-state index is 10.5. The van der Waals surface area contributed by atoms with E-state index in [2.05, 4.69) is 4.98 Å². The van der Waals surface area contributed by atoms with Crippen molar-refractivity contribution in [3.63, 3.8) is 0 Å². The molecule has 1 rings (SSSR count). The Hall–Kier alpha value is -0.730. The van der Waals surface area contributed by atoms with Crippen molar-refractivity contribution in [3.05, 3.63) is 16.3 Å². The van der Waals surface area contributed by atoms with E-state index in [9.17, 15) is 10.1 Å². The lowest BCUT2D eigenvalue weighted by molar-refractivity contribution is -0.380. The van der Waals surface area contributed by atoms with Crippen LogP contribution in [0, 0.1) is 10.1 Å². The van der Waals surface area contributed by atoms with Crippen LogP contribution < -0.4 is 0 Å². The second-order valence-corrected chi connectivity index (χ2v) is 5.65. The third-order valence-electron chi connectivity index (χ3n) is 1.85. The zero-order chi connectivity index (χ0) is 12.1. The minimum atomic E-state index is -0.442. The molecule has 88 valence electrons. The molecule has 0 amide bonds. The molecular formula is C8H11N3O2S3. The topological polar surface area (TPSA) is 59.3 Å². The second-order valence-electron chi connectivity index (χ2n) is 2.76. The molecule has 0 saturated heterocycles. The van der Waals surface area contributed by atoms with Crippen LogP contribution in [0.15, 0.2) is 10.5 Å². The van der Waals surface area contributed by atoms with E-state index in [1.165, 1.54) is 18.0 Å². The van der Waals surface area contributed by atoms with Crippen molar-refractivity contribution >= 4 is 44.6 Å². The van der Waals surface area contributed by atoms with Gasteiger partial charge >= 0.3 is 5.00 Å². The van der Waals surface area contributed by atoms with Crippen LogP contribution in [0.4, 0.5) is 5.00 Å². The summed E-state index contributed by atoms with van der Waals surface area (Å²) in [4.78, 5) is 16.0. The van der Waals surface area contributed by atoms with Crippen molar-refractivity contribution in [2.45, 2.75) is 18.2 Å². The molecule has 0 aliphatic carbocycles. The predicted molar refractivity (Wildman–Crippen MR) is 70.1 cm³/mol. The van der Waals surface area contributed by atoms with Crippen LogP contribution in [0.1, 0.15) is 13.8 Å². The number of nitrogens with zero attached hydrogens (tertiary/aromatic N) is 3. The highest BCUT2D eigenvalue weighted by atomic mass is 32.2. The van der Waals surface area contributed by atoms with Gasteiger partial charge in [0.2, 0.25) is 0 Å². The Kier molecular flexibility index (Phi) is 5.10. The van der Waals surface area contributed by atoms with E-state index in [-0.39, 0.29) is 5.00 Å². The Morgan fingerprint density at radius 2 is 2.31 bits per heavy atom. The highest BCUT2D eigenvalue weighted by Crippen LogP contribution is 2.30. The molecule has 0 radical (unpaired) electrons. The first-order valence-electron chi connectivity index (χ1n) is 4.65. The SMILES string of the molecule is CCN(CC)C(=S)Sc1ncc([N+](=O)[O-])s1. The van der Waals surface area contributed by atoms with Crippen molar-refractivity contribution in [1.82, 2.24) is 9.88 Å². The number of nitro groups is 1. The number of aromatic nitrogens is 1. The van der Waals surface area contributed by atoms with Gasteiger partial charge in [-0.2, -0.15) is 0 Å². The lowest BCUT2D eigenvalue weighted by Gasteiger charge is -2.19. The fraction of sp³-hybridized carbons (Fsp3) is 0.500. The average Bonchev–Trinajstić information content (AvgIpc) is 2.68. The predicted octanol–water partition coefficient (Wildman–Crippen LogP) is 2.77. The molecule has 0 saturated carbocycles. The van der Waals surface area contributed by atoms with Crippen LogP contribution in [0.3, 0.4) is 0 Å². The molecule has 0 unspecified atom stereocenters. The molecular weight excluding hydrogens is 266 g/mol. The van der Waals surface area contributed by atoms with Gasteiger partial charge in [0.15, 0.2) is 4.34 Å². The van der Waals surface area contributed by atoms with Crippen LogP contribution in [0.25, 0.3) is 0 Å². The summed E-state index contributed by atoms with van der Waals surface area (Å²) in [5.74, 6) is 0. The Bertz CT molecular complexity index is 390. The maximum Gasteiger partial charge on any atom is 0.344 e. The Labute approximate surface area is 107 Å². The first kappa shape index (κ1) is 13.3.